The van der Waals surface area contributed by atoms with Crippen LogP contribution in [0.25, 0.3) is 16.2 Å². The molecule has 1 aromatic carbocycles. The Balaban J connectivity index is 1.81. The minimum Gasteiger partial charge on any atom is -0.381 e. The first kappa shape index (κ1) is 26.5. The van der Waals surface area contributed by atoms with Gasteiger partial charge in [0, 0.05) is 46.1 Å². The molecule has 1 fully saturated rings. The van der Waals surface area contributed by atoms with Crippen molar-refractivity contribution in [2.24, 2.45) is 23.0 Å². The molecule has 12 heteroatoms. The zero-order valence-corrected chi connectivity index (χ0v) is 23.4. The second-order valence-electron chi connectivity index (χ2n) is 10.2. The molecule has 0 amide bonds. The first-order valence-corrected chi connectivity index (χ1v) is 14.9. The Kier molecular flexibility index (Phi) is 6.66. The summed E-state index contributed by atoms with van der Waals surface area (Å²) in [6, 6.07) is 6.00. The van der Waals surface area contributed by atoms with Crippen LogP contribution >= 0.6 is 0 Å². The number of benzene rings is 1. The van der Waals surface area contributed by atoms with Crippen molar-refractivity contribution >= 4 is 44.2 Å². The number of allylic oxidation sites excluding steroid dienone is 1. The van der Waals surface area contributed by atoms with Gasteiger partial charge < -0.3 is 14.0 Å². The van der Waals surface area contributed by atoms with Crippen LogP contribution < -0.4 is 10.7 Å². The average molecular weight is 565 g/mol. The molecule has 0 N–H and O–H groups in total. The molecule has 3 aromatic rings. The smallest absolute Gasteiger partial charge is 0.179 e. The van der Waals surface area contributed by atoms with Crippen LogP contribution in [0, 0.1) is 18.7 Å². The lowest BCUT2D eigenvalue weighted by molar-refractivity contribution is 0.0535. The monoisotopic (exact) mass is 564 g/mol. The Morgan fingerprint density at radius 1 is 1.18 bits per heavy atom. The Bertz CT molecular complexity index is 1810. The molecule has 0 bridgehead atoms. The van der Waals surface area contributed by atoms with Gasteiger partial charge in [0.15, 0.2) is 16.1 Å². The number of nitrogens with zero attached hydrogens (tertiary/aromatic N) is 6. The number of hydrogen-bond acceptors (Lipinski definition) is 8. The third-order valence-electron chi connectivity index (χ3n) is 7.67. The van der Waals surface area contributed by atoms with Gasteiger partial charge in [-0.15, -0.1) is 5.10 Å². The fraction of sp³-hybridized carbons (Fsp3) is 0.393. The van der Waals surface area contributed by atoms with Crippen LogP contribution in [-0.4, -0.2) is 67.0 Å². The molecule has 0 radical (unpaired) electrons. The highest BCUT2D eigenvalue weighted by molar-refractivity contribution is 8.00. The first-order chi connectivity index (χ1) is 19.2. The third kappa shape index (κ3) is 4.37. The van der Waals surface area contributed by atoms with E-state index in [0.717, 1.165) is 24.1 Å². The maximum Gasteiger partial charge on any atom is 0.179 e. The summed E-state index contributed by atoms with van der Waals surface area (Å²) >= 11 is 0. The molecule has 6 rings (SSSR count). The van der Waals surface area contributed by atoms with E-state index in [9.17, 15) is 12.8 Å². The van der Waals surface area contributed by atoms with Crippen LogP contribution in [0.1, 0.15) is 47.6 Å². The maximum atomic E-state index is 14.1. The summed E-state index contributed by atoms with van der Waals surface area (Å²) < 4.78 is 55.5. The van der Waals surface area contributed by atoms with E-state index in [4.69, 9.17) is 14.5 Å². The molecule has 3 aliphatic rings. The summed E-state index contributed by atoms with van der Waals surface area (Å²) in [5, 5.41) is 9.37. The molecule has 10 nitrogen and oxygen atoms in total. The fourth-order valence-electron chi connectivity index (χ4n) is 5.89. The van der Waals surface area contributed by atoms with Crippen molar-refractivity contribution in [3.05, 3.63) is 63.3 Å². The molecule has 2 aromatic heterocycles. The van der Waals surface area contributed by atoms with Crippen molar-refractivity contribution < 1.29 is 22.3 Å². The van der Waals surface area contributed by atoms with E-state index in [2.05, 4.69) is 21.0 Å². The van der Waals surface area contributed by atoms with Gasteiger partial charge >= 0.3 is 0 Å². The molecular formula is C28H29FN6O4S. The van der Waals surface area contributed by atoms with Crippen molar-refractivity contribution in [3.8, 4) is 0 Å². The van der Waals surface area contributed by atoms with Crippen LogP contribution in [0.2, 0.25) is 0 Å². The number of aryl methyl sites for hydroxylation is 2. The number of aliphatic imine (C=N–C) groups is 2. The van der Waals surface area contributed by atoms with E-state index in [1.54, 1.807) is 30.1 Å². The summed E-state index contributed by atoms with van der Waals surface area (Å²) in [5.41, 5.74) is 7.59. The highest BCUT2D eigenvalue weighted by Crippen LogP contribution is 2.36. The Morgan fingerprint density at radius 2 is 1.90 bits per heavy atom. The van der Waals surface area contributed by atoms with Gasteiger partial charge in [-0.3, -0.25) is 9.98 Å². The van der Waals surface area contributed by atoms with Gasteiger partial charge in [-0.05, 0) is 43.4 Å². The van der Waals surface area contributed by atoms with Gasteiger partial charge in [-0.1, -0.05) is 23.1 Å². The summed E-state index contributed by atoms with van der Waals surface area (Å²) in [4.78, 5) is 9.34. The van der Waals surface area contributed by atoms with E-state index in [1.165, 1.54) is 31.7 Å². The fourth-order valence-corrected chi connectivity index (χ4v) is 6.70. The van der Waals surface area contributed by atoms with Crippen LogP contribution in [0.4, 0.5) is 10.1 Å². The zero-order chi connectivity index (χ0) is 28.2. The topological polar surface area (TPSA) is 113 Å². The lowest BCUT2D eigenvalue weighted by atomic mass is 9.86. The number of ether oxygens (including phenoxy) is 2. The van der Waals surface area contributed by atoms with Crippen LogP contribution in [0.3, 0.4) is 0 Å². The molecule has 0 spiro atoms. The van der Waals surface area contributed by atoms with Crippen molar-refractivity contribution in [1.29, 1.82) is 0 Å². The minimum absolute atomic E-state index is 0.0664. The van der Waals surface area contributed by atoms with Crippen LogP contribution in [0.5, 0.6) is 0 Å². The number of aromatic nitrogens is 4. The summed E-state index contributed by atoms with van der Waals surface area (Å²) in [6.45, 7) is 3.00. The number of hydrogen-bond donors (Lipinski definition) is 0. The molecule has 5 heterocycles. The molecular weight excluding hydrogens is 535 g/mol. The van der Waals surface area contributed by atoms with Crippen LogP contribution in [0.15, 0.2) is 34.3 Å². The lowest BCUT2D eigenvalue weighted by Crippen LogP contribution is -2.41. The third-order valence-corrected chi connectivity index (χ3v) is 8.77. The van der Waals surface area contributed by atoms with Gasteiger partial charge in [0.25, 0.3) is 0 Å². The number of rotatable bonds is 6. The molecule has 3 aliphatic heterocycles. The second kappa shape index (κ2) is 10.0. The van der Waals surface area contributed by atoms with E-state index in [0.29, 0.717) is 46.4 Å². The second-order valence-corrected chi connectivity index (χ2v) is 12.2. The molecule has 1 unspecified atom stereocenters. The van der Waals surface area contributed by atoms with Crippen LogP contribution in [-0.2, 0) is 26.4 Å². The predicted octanol–water partition coefficient (Wildman–Crippen LogP) is 2.14. The maximum absolute atomic E-state index is 14.1. The normalized spacial score (nSPS) is 19.7. The SMILES string of the molecule is COC1N=CC(S(C)(=O)=O)=c2c1c1c(n2[C@H](c2ccc(F)cc2)C2CCOCC2)=C=C(c2c(C)nnn2C)C=N1. The van der Waals surface area contributed by atoms with Gasteiger partial charge in [0.1, 0.15) is 27.5 Å². The van der Waals surface area contributed by atoms with E-state index in [-0.39, 0.29) is 22.7 Å². The Labute approximate surface area is 230 Å². The summed E-state index contributed by atoms with van der Waals surface area (Å²) in [6.07, 6.45) is 4.93. The van der Waals surface area contributed by atoms with Gasteiger partial charge in [-0.2, -0.15) is 0 Å². The molecule has 0 aliphatic carbocycles. The quantitative estimate of drug-likeness (QED) is 0.454. The minimum atomic E-state index is -3.72. The van der Waals surface area contributed by atoms with E-state index in [1.807, 2.05) is 11.5 Å². The highest BCUT2D eigenvalue weighted by Gasteiger charge is 2.36. The van der Waals surface area contributed by atoms with E-state index >= 15 is 0 Å². The zero-order valence-electron chi connectivity index (χ0n) is 22.6. The largest absolute Gasteiger partial charge is 0.381 e. The number of methoxy groups -OCH3 is 1. The molecule has 208 valence electrons. The Morgan fingerprint density at radius 3 is 2.52 bits per heavy atom. The van der Waals surface area contributed by atoms with Gasteiger partial charge in [-0.25, -0.2) is 17.5 Å². The predicted molar refractivity (Wildman–Crippen MR) is 149 cm³/mol. The van der Waals surface area contributed by atoms with Crippen molar-refractivity contribution in [1.82, 2.24) is 19.6 Å². The van der Waals surface area contributed by atoms with Gasteiger partial charge in [0.05, 0.1) is 28.2 Å². The molecule has 2 atom stereocenters. The number of halogens is 1. The lowest BCUT2D eigenvalue weighted by Gasteiger charge is -2.33. The average Bonchev–Trinajstić information content (AvgIpc) is 3.45. The number of sulfone groups is 1. The molecule has 1 saturated heterocycles. The summed E-state index contributed by atoms with van der Waals surface area (Å²) in [5.74, 6) is -0.282. The van der Waals surface area contributed by atoms with E-state index < -0.39 is 16.1 Å². The van der Waals surface area contributed by atoms with Crippen molar-refractivity contribution in [2.45, 2.75) is 32.0 Å². The summed E-state index contributed by atoms with van der Waals surface area (Å²) in [7, 11) is -0.397. The highest BCUT2D eigenvalue weighted by atomic mass is 32.2. The Hall–Kier alpha value is -3.70. The molecule has 40 heavy (non-hydrogen) atoms. The van der Waals surface area contributed by atoms with Crippen molar-refractivity contribution in [3.63, 3.8) is 0 Å². The van der Waals surface area contributed by atoms with Crippen molar-refractivity contribution in [2.75, 3.05) is 26.6 Å². The standard InChI is InChI=1S/C28H29FN6O4S/c1-16-25(34(2)33-32-16)19-13-21-24(30-14-19)23-27(22(40(4,36)37)15-31-28(23)38-3)35(21)26(18-9-11-39-12-10-18)17-5-7-20(29)8-6-17/h5-8,14-15,18,26,28H,9-12H2,1-4H3/t26-,28?/m1/s1. The molecule has 0 saturated carbocycles. The number of fused-ring (bicyclic) bond motifs is 3. The van der Waals surface area contributed by atoms with Gasteiger partial charge in [0.2, 0.25) is 0 Å². The first-order valence-electron chi connectivity index (χ1n) is 13.0.